The molecule has 0 radical (unpaired) electrons. The Balaban J connectivity index is 1.41. The van der Waals surface area contributed by atoms with Gasteiger partial charge in [-0.25, -0.2) is 4.98 Å². The van der Waals surface area contributed by atoms with Crippen LogP contribution in [0.5, 0.6) is 17.4 Å². The van der Waals surface area contributed by atoms with Gasteiger partial charge in [0.05, 0.1) is 35.8 Å². The summed E-state index contributed by atoms with van der Waals surface area (Å²) in [5.41, 5.74) is 1.86. The highest BCUT2D eigenvalue weighted by atomic mass is 35.5. The monoisotopic (exact) mass is 466 g/mol. The standard InChI is InChI=1S/C23H23ClN6O3/c1-32-15-6-7-19(16(24)10-15)33-22-11-21(30-9-8-14(31)13-30)28-23(29-22)25-12-20-26-17-4-2-3-5-18(17)27-20/h2-7,10-11,14,31H,8-9,12-13H2,1H3,(H,26,27)(H,25,28,29). The Morgan fingerprint density at radius 3 is 2.82 bits per heavy atom. The second-order valence-electron chi connectivity index (χ2n) is 7.73. The van der Waals surface area contributed by atoms with Gasteiger partial charge in [-0.15, -0.1) is 0 Å². The molecule has 0 aliphatic carbocycles. The summed E-state index contributed by atoms with van der Waals surface area (Å²) in [5.74, 6) is 3.23. The first-order chi connectivity index (χ1) is 16.1. The van der Waals surface area contributed by atoms with Crippen molar-refractivity contribution < 1.29 is 14.6 Å². The van der Waals surface area contributed by atoms with Crippen molar-refractivity contribution in [2.45, 2.75) is 19.1 Å². The number of H-pyrrole nitrogens is 1. The molecule has 3 heterocycles. The molecule has 0 bridgehead atoms. The van der Waals surface area contributed by atoms with Crippen LogP contribution in [0.3, 0.4) is 0 Å². The van der Waals surface area contributed by atoms with Crippen molar-refractivity contribution in [1.29, 1.82) is 0 Å². The summed E-state index contributed by atoms with van der Waals surface area (Å²) < 4.78 is 11.2. The minimum absolute atomic E-state index is 0.334. The number of β-amino-alcohol motifs (C(OH)–C–C–N with tert-alkyl or cyclic N) is 1. The second kappa shape index (κ2) is 9.13. The summed E-state index contributed by atoms with van der Waals surface area (Å²) in [7, 11) is 1.58. The zero-order valence-corrected chi connectivity index (χ0v) is 18.7. The van der Waals surface area contributed by atoms with Gasteiger partial charge in [0.25, 0.3) is 0 Å². The molecule has 9 nitrogen and oxygen atoms in total. The van der Waals surface area contributed by atoms with E-state index in [0.717, 1.165) is 16.9 Å². The average Bonchev–Trinajstić information content (AvgIpc) is 3.45. The number of nitrogens with zero attached hydrogens (tertiary/aromatic N) is 4. The largest absolute Gasteiger partial charge is 0.497 e. The number of ether oxygens (including phenoxy) is 2. The summed E-state index contributed by atoms with van der Waals surface area (Å²) in [4.78, 5) is 19.0. The smallest absolute Gasteiger partial charge is 0.228 e. The number of nitrogens with one attached hydrogen (secondary N) is 2. The van der Waals surface area contributed by atoms with Gasteiger partial charge in [-0.2, -0.15) is 9.97 Å². The number of aromatic amines is 1. The fourth-order valence-corrected chi connectivity index (χ4v) is 3.92. The van der Waals surface area contributed by atoms with Gasteiger partial charge in [-0.05, 0) is 30.7 Å². The number of methoxy groups -OCH3 is 1. The van der Waals surface area contributed by atoms with Crippen molar-refractivity contribution in [3.63, 3.8) is 0 Å². The highest BCUT2D eigenvalue weighted by molar-refractivity contribution is 6.32. The molecule has 10 heteroatoms. The van der Waals surface area contributed by atoms with Crippen LogP contribution < -0.4 is 19.7 Å². The number of fused-ring (bicyclic) bond motifs is 1. The maximum Gasteiger partial charge on any atom is 0.228 e. The van der Waals surface area contributed by atoms with E-state index in [1.165, 1.54) is 0 Å². The van der Waals surface area contributed by atoms with Crippen LogP contribution in [-0.4, -0.2) is 51.3 Å². The third kappa shape index (κ3) is 4.79. The SMILES string of the molecule is COc1ccc(Oc2cc(N3CCC(O)C3)nc(NCc3nc4ccccc4[nH]3)n2)c(Cl)c1. The highest BCUT2D eigenvalue weighted by Crippen LogP contribution is 2.33. The lowest BCUT2D eigenvalue weighted by Crippen LogP contribution is -2.23. The van der Waals surface area contributed by atoms with Gasteiger partial charge >= 0.3 is 0 Å². The van der Waals surface area contributed by atoms with Gasteiger partial charge < -0.3 is 29.8 Å². The van der Waals surface area contributed by atoms with Gasteiger partial charge in [0.2, 0.25) is 11.8 Å². The lowest BCUT2D eigenvalue weighted by molar-refractivity contribution is 0.198. The van der Waals surface area contributed by atoms with Crippen molar-refractivity contribution >= 4 is 34.4 Å². The van der Waals surface area contributed by atoms with E-state index in [2.05, 4.69) is 25.3 Å². The number of hydrogen-bond donors (Lipinski definition) is 3. The molecule has 33 heavy (non-hydrogen) atoms. The van der Waals surface area contributed by atoms with Crippen LogP contribution in [0.25, 0.3) is 11.0 Å². The van der Waals surface area contributed by atoms with Gasteiger partial charge in [-0.3, -0.25) is 0 Å². The first-order valence-corrected chi connectivity index (χ1v) is 11.0. The number of aliphatic hydroxyl groups is 1. The fourth-order valence-electron chi connectivity index (χ4n) is 3.71. The highest BCUT2D eigenvalue weighted by Gasteiger charge is 2.23. The molecule has 1 unspecified atom stereocenters. The molecule has 170 valence electrons. The van der Waals surface area contributed by atoms with E-state index in [1.807, 2.05) is 29.2 Å². The molecule has 1 aliphatic heterocycles. The van der Waals surface area contributed by atoms with E-state index in [4.69, 9.17) is 21.1 Å². The number of aliphatic hydroxyl groups excluding tert-OH is 1. The van der Waals surface area contributed by atoms with E-state index in [1.54, 1.807) is 31.4 Å². The molecule has 1 fully saturated rings. The molecule has 1 atom stereocenters. The van der Waals surface area contributed by atoms with Crippen molar-refractivity contribution in [3.05, 3.63) is 59.4 Å². The van der Waals surface area contributed by atoms with Crippen LogP contribution >= 0.6 is 11.6 Å². The number of anilines is 2. The van der Waals surface area contributed by atoms with Gasteiger partial charge in [0, 0.05) is 25.2 Å². The lowest BCUT2D eigenvalue weighted by Gasteiger charge is -2.18. The number of hydrogen-bond acceptors (Lipinski definition) is 8. The van der Waals surface area contributed by atoms with Gasteiger partial charge in [0.1, 0.15) is 23.1 Å². The number of rotatable bonds is 7. The third-order valence-electron chi connectivity index (χ3n) is 5.38. The molecule has 0 amide bonds. The molecule has 1 aliphatic rings. The molecular formula is C23H23ClN6O3. The molecule has 2 aromatic heterocycles. The molecule has 0 saturated carbocycles. The average molecular weight is 467 g/mol. The first-order valence-electron chi connectivity index (χ1n) is 10.6. The van der Waals surface area contributed by atoms with Gasteiger partial charge in [-0.1, -0.05) is 23.7 Å². The number of para-hydroxylation sites is 2. The van der Waals surface area contributed by atoms with Crippen LogP contribution in [0.4, 0.5) is 11.8 Å². The van der Waals surface area contributed by atoms with Crippen molar-refractivity contribution in [2.24, 2.45) is 0 Å². The fraction of sp³-hybridized carbons (Fsp3) is 0.261. The van der Waals surface area contributed by atoms with Crippen LogP contribution in [0.1, 0.15) is 12.2 Å². The summed E-state index contributed by atoms with van der Waals surface area (Å²) in [6.07, 6.45) is 0.305. The maximum absolute atomic E-state index is 9.97. The molecule has 2 aromatic carbocycles. The number of aromatic nitrogens is 4. The quantitative estimate of drug-likeness (QED) is 0.375. The Bertz CT molecular complexity index is 1250. The zero-order chi connectivity index (χ0) is 22.8. The Morgan fingerprint density at radius 1 is 1.18 bits per heavy atom. The number of imidazole rings is 1. The summed E-state index contributed by atoms with van der Waals surface area (Å²) in [6.45, 7) is 1.61. The summed E-state index contributed by atoms with van der Waals surface area (Å²) in [5, 5.41) is 13.6. The normalized spacial score (nSPS) is 15.7. The lowest BCUT2D eigenvalue weighted by atomic mass is 10.3. The molecular weight excluding hydrogens is 444 g/mol. The first kappa shape index (κ1) is 21.3. The number of halogens is 1. The Kier molecular flexibility index (Phi) is 5.89. The second-order valence-corrected chi connectivity index (χ2v) is 8.14. The zero-order valence-electron chi connectivity index (χ0n) is 18.0. The molecule has 5 rings (SSSR count). The topological polar surface area (TPSA) is 108 Å². The van der Waals surface area contributed by atoms with E-state index in [0.29, 0.717) is 60.2 Å². The Labute approximate surface area is 195 Å². The predicted molar refractivity (Wildman–Crippen MR) is 126 cm³/mol. The van der Waals surface area contributed by atoms with Crippen LogP contribution in [0, 0.1) is 0 Å². The van der Waals surface area contributed by atoms with E-state index < -0.39 is 0 Å². The molecule has 1 saturated heterocycles. The summed E-state index contributed by atoms with van der Waals surface area (Å²) >= 11 is 6.34. The molecule has 3 N–H and O–H groups in total. The Morgan fingerprint density at radius 2 is 2.06 bits per heavy atom. The van der Waals surface area contributed by atoms with Crippen molar-refractivity contribution in [2.75, 3.05) is 30.4 Å². The Hall–Kier alpha value is -3.56. The van der Waals surface area contributed by atoms with E-state index >= 15 is 0 Å². The van der Waals surface area contributed by atoms with Crippen molar-refractivity contribution in [1.82, 2.24) is 19.9 Å². The van der Waals surface area contributed by atoms with E-state index in [9.17, 15) is 5.11 Å². The van der Waals surface area contributed by atoms with Crippen LogP contribution in [0.15, 0.2) is 48.5 Å². The minimum Gasteiger partial charge on any atom is -0.497 e. The van der Waals surface area contributed by atoms with E-state index in [-0.39, 0.29) is 6.10 Å². The molecule has 4 aromatic rings. The van der Waals surface area contributed by atoms with Gasteiger partial charge in [0.15, 0.2) is 0 Å². The predicted octanol–water partition coefficient (Wildman–Crippen LogP) is 3.99. The van der Waals surface area contributed by atoms with Crippen molar-refractivity contribution in [3.8, 4) is 17.4 Å². The molecule has 0 spiro atoms. The van der Waals surface area contributed by atoms with Crippen LogP contribution in [0.2, 0.25) is 5.02 Å². The number of benzene rings is 2. The summed E-state index contributed by atoms with van der Waals surface area (Å²) in [6, 6.07) is 14.8. The minimum atomic E-state index is -0.382. The third-order valence-corrected chi connectivity index (χ3v) is 5.68. The maximum atomic E-state index is 9.97. The van der Waals surface area contributed by atoms with Crippen LogP contribution in [-0.2, 0) is 6.54 Å².